The van der Waals surface area contributed by atoms with Crippen LogP contribution in [0.15, 0.2) is 12.7 Å². The molecule has 0 aliphatic carbocycles. The van der Waals surface area contributed by atoms with E-state index < -0.39 is 0 Å². The first-order chi connectivity index (χ1) is 11.0. The van der Waals surface area contributed by atoms with Crippen molar-refractivity contribution < 1.29 is 9.59 Å². The molecule has 1 aromatic rings. The fourth-order valence-electron chi connectivity index (χ4n) is 2.68. The summed E-state index contributed by atoms with van der Waals surface area (Å²) in [5, 5.41) is 4.05. The maximum atomic E-state index is 12.6. The molecule has 1 unspecified atom stereocenters. The molecule has 1 aromatic heterocycles. The number of carbonyl (C=O) groups is 2. The summed E-state index contributed by atoms with van der Waals surface area (Å²) >= 11 is 0. The van der Waals surface area contributed by atoms with Crippen molar-refractivity contribution in [1.29, 1.82) is 0 Å². The van der Waals surface area contributed by atoms with Gasteiger partial charge in [-0.1, -0.05) is 6.92 Å². The van der Waals surface area contributed by atoms with Crippen molar-refractivity contribution in [3.63, 3.8) is 0 Å². The number of aromatic nitrogens is 3. The van der Waals surface area contributed by atoms with Crippen molar-refractivity contribution >= 4 is 11.8 Å². The third-order valence-electron chi connectivity index (χ3n) is 4.11. The van der Waals surface area contributed by atoms with Gasteiger partial charge in [0.25, 0.3) is 0 Å². The Labute approximate surface area is 137 Å². The van der Waals surface area contributed by atoms with Gasteiger partial charge in [0.1, 0.15) is 12.7 Å². The number of hydrogen-bond acceptors (Lipinski definition) is 5. The zero-order chi connectivity index (χ0) is 16.8. The highest BCUT2D eigenvalue weighted by atomic mass is 16.2. The fourth-order valence-corrected chi connectivity index (χ4v) is 2.68. The molecular weight excluding hydrogens is 296 g/mol. The largest absolute Gasteiger partial charge is 0.348 e. The van der Waals surface area contributed by atoms with Crippen LogP contribution < -0.4 is 0 Å². The van der Waals surface area contributed by atoms with Crippen LogP contribution in [0.3, 0.4) is 0 Å². The Morgan fingerprint density at radius 1 is 1.22 bits per heavy atom. The molecule has 8 nitrogen and oxygen atoms in total. The monoisotopic (exact) mass is 322 g/mol. The summed E-state index contributed by atoms with van der Waals surface area (Å²) < 4.78 is 1.68. The highest BCUT2D eigenvalue weighted by molar-refractivity contribution is 5.79. The summed E-state index contributed by atoms with van der Waals surface area (Å²) in [5.74, 6) is 0.109. The van der Waals surface area contributed by atoms with E-state index in [1.165, 1.54) is 6.33 Å². The van der Waals surface area contributed by atoms with Crippen LogP contribution in [-0.2, 0) is 16.1 Å². The van der Waals surface area contributed by atoms with Crippen molar-refractivity contribution in [2.45, 2.75) is 19.9 Å². The van der Waals surface area contributed by atoms with Gasteiger partial charge in [-0.3, -0.25) is 19.2 Å². The Kier molecular flexibility index (Phi) is 6.09. The zero-order valence-electron chi connectivity index (χ0n) is 14.2. The van der Waals surface area contributed by atoms with Crippen molar-refractivity contribution in [1.82, 2.24) is 29.5 Å². The predicted octanol–water partition coefficient (Wildman–Crippen LogP) is -0.463. The Hall–Kier alpha value is -1.96. The Bertz CT molecular complexity index is 516. The van der Waals surface area contributed by atoms with Crippen LogP contribution in [0.1, 0.15) is 13.3 Å². The van der Waals surface area contributed by atoms with Gasteiger partial charge in [0, 0.05) is 40.3 Å². The first kappa shape index (κ1) is 17.4. The van der Waals surface area contributed by atoms with E-state index in [1.807, 2.05) is 11.8 Å². The third-order valence-corrected chi connectivity index (χ3v) is 4.11. The molecule has 1 saturated heterocycles. The van der Waals surface area contributed by atoms with E-state index in [4.69, 9.17) is 0 Å². The molecule has 1 fully saturated rings. The average Bonchev–Trinajstić information content (AvgIpc) is 2.91. The Balaban J connectivity index is 1.84. The van der Waals surface area contributed by atoms with Crippen LogP contribution in [0.25, 0.3) is 0 Å². The van der Waals surface area contributed by atoms with E-state index in [0.29, 0.717) is 19.6 Å². The normalized spacial score (nSPS) is 17.6. The number of carbonyl (C=O) groups excluding carboxylic acids is 2. The molecule has 0 saturated carbocycles. The van der Waals surface area contributed by atoms with Crippen LogP contribution in [-0.4, -0.2) is 88.1 Å². The van der Waals surface area contributed by atoms with Gasteiger partial charge in [-0.05, 0) is 6.42 Å². The fraction of sp³-hybridized carbons (Fsp3) is 0.733. The maximum absolute atomic E-state index is 12.6. The lowest BCUT2D eigenvalue weighted by atomic mass is 10.1. The van der Waals surface area contributed by atoms with E-state index in [-0.39, 0.29) is 17.7 Å². The van der Waals surface area contributed by atoms with Gasteiger partial charge in [-0.15, -0.1) is 0 Å². The van der Waals surface area contributed by atoms with Gasteiger partial charge in [0.2, 0.25) is 11.8 Å². The second-order valence-corrected chi connectivity index (χ2v) is 6.26. The van der Waals surface area contributed by atoms with Gasteiger partial charge < -0.3 is 9.80 Å². The second kappa shape index (κ2) is 8.05. The molecular formula is C15H26N6O2. The van der Waals surface area contributed by atoms with E-state index in [1.54, 1.807) is 30.0 Å². The lowest BCUT2D eigenvalue weighted by Gasteiger charge is -2.25. The molecule has 128 valence electrons. The predicted molar refractivity (Wildman–Crippen MR) is 85.5 cm³/mol. The molecule has 8 heteroatoms. The standard InChI is InChI=1S/C15H26N6O2/c1-13(9-21-12-16-11-17-21)15(23)20-6-4-5-19(7-8-20)10-14(22)18(2)3/h11-13H,4-10H2,1-3H3. The number of rotatable bonds is 5. The van der Waals surface area contributed by atoms with Gasteiger partial charge in [0.05, 0.1) is 19.0 Å². The Morgan fingerprint density at radius 2 is 2.00 bits per heavy atom. The van der Waals surface area contributed by atoms with Crippen LogP contribution in [0.4, 0.5) is 0 Å². The lowest BCUT2D eigenvalue weighted by molar-refractivity contribution is -0.135. The smallest absolute Gasteiger partial charge is 0.236 e. The molecule has 2 amide bonds. The van der Waals surface area contributed by atoms with Crippen LogP contribution in [0.5, 0.6) is 0 Å². The minimum absolute atomic E-state index is 0.101. The Morgan fingerprint density at radius 3 is 2.65 bits per heavy atom. The summed E-state index contributed by atoms with van der Waals surface area (Å²) in [6.45, 7) is 5.88. The van der Waals surface area contributed by atoms with Gasteiger partial charge in [0.15, 0.2) is 0 Å². The topological polar surface area (TPSA) is 74.6 Å². The first-order valence-electron chi connectivity index (χ1n) is 8.01. The summed E-state index contributed by atoms with van der Waals surface area (Å²) in [4.78, 5) is 33.9. The zero-order valence-corrected chi connectivity index (χ0v) is 14.2. The van der Waals surface area contributed by atoms with E-state index in [9.17, 15) is 9.59 Å². The summed E-state index contributed by atoms with van der Waals surface area (Å²) in [6.07, 6.45) is 3.99. The van der Waals surface area contributed by atoms with E-state index in [0.717, 1.165) is 26.1 Å². The molecule has 1 atom stereocenters. The molecule has 1 aliphatic heterocycles. The quantitative estimate of drug-likeness (QED) is 0.733. The molecule has 0 aromatic carbocycles. The summed E-state index contributed by atoms with van der Waals surface area (Å²) in [6, 6.07) is 0. The molecule has 2 heterocycles. The van der Waals surface area contributed by atoms with Gasteiger partial charge in [-0.2, -0.15) is 5.10 Å². The molecule has 0 N–H and O–H groups in total. The average molecular weight is 322 g/mol. The molecule has 2 rings (SSSR count). The molecule has 0 bridgehead atoms. The van der Waals surface area contributed by atoms with Gasteiger partial charge >= 0.3 is 0 Å². The van der Waals surface area contributed by atoms with Crippen LogP contribution >= 0.6 is 0 Å². The van der Waals surface area contributed by atoms with Crippen molar-refractivity contribution in [2.24, 2.45) is 5.92 Å². The minimum Gasteiger partial charge on any atom is -0.348 e. The minimum atomic E-state index is -0.133. The molecule has 0 radical (unpaired) electrons. The highest BCUT2D eigenvalue weighted by Crippen LogP contribution is 2.10. The number of amides is 2. The number of hydrogen-bond donors (Lipinski definition) is 0. The molecule has 0 spiro atoms. The summed E-state index contributed by atoms with van der Waals surface area (Å²) in [5.41, 5.74) is 0. The van der Waals surface area contributed by atoms with Crippen LogP contribution in [0, 0.1) is 5.92 Å². The maximum Gasteiger partial charge on any atom is 0.236 e. The SMILES string of the molecule is CC(Cn1cncn1)C(=O)N1CCCN(CC(=O)N(C)C)CC1. The third kappa shape index (κ3) is 5.02. The summed E-state index contributed by atoms with van der Waals surface area (Å²) in [7, 11) is 3.53. The van der Waals surface area contributed by atoms with E-state index in [2.05, 4.69) is 15.0 Å². The number of nitrogens with zero attached hydrogens (tertiary/aromatic N) is 6. The van der Waals surface area contributed by atoms with Gasteiger partial charge in [-0.25, -0.2) is 4.98 Å². The number of likely N-dealkylation sites (N-methyl/N-ethyl adjacent to an activating group) is 1. The highest BCUT2D eigenvalue weighted by Gasteiger charge is 2.24. The van der Waals surface area contributed by atoms with Crippen molar-refractivity contribution in [3.05, 3.63) is 12.7 Å². The first-order valence-corrected chi connectivity index (χ1v) is 8.01. The van der Waals surface area contributed by atoms with Crippen LogP contribution in [0.2, 0.25) is 0 Å². The lowest BCUT2D eigenvalue weighted by Crippen LogP contribution is -2.41. The molecule has 1 aliphatic rings. The van der Waals surface area contributed by atoms with Crippen molar-refractivity contribution in [3.8, 4) is 0 Å². The molecule has 23 heavy (non-hydrogen) atoms. The van der Waals surface area contributed by atoms with E-state index >= 15 is 0 Å². The van der Waals surface area contributed by atoms with Crippen molar-refractivity contribution in [2.75, 3.05) is 46.8 Å². The second-order valence-electron chi connectivity index (χ2n) is 6.26.